The Hall–Kier alpha value is -0.940. The van der Waals surface area contributed by atoms with Gasteiger partial charge in [-0.1, -0.05) is 35.9 Å². The third-order valence-electron chi connectivity index (χ3n) is 4.63. The first-order chi connectivity index (χ1) is 11.7. The molecule has 0 saturated carbocycles. The van der Waals surface area contributed by atoms with Crippen molar-refractivity contribution in [3.63, 3.8) is 0 Å². The largest absolute Gasteiger partial charge is 0.342 e. The molecular formula is C19H24Cl2N2OS. The number of likely N-dealkylation sites (tertiary alicyclic amines) is 1. The molecule has 1 saturated heterocycles. The van der Waals surface area contributed by atoms with Crippen LogP contribution in [0.1, 0.15) is 12.8 Å². The van der Waals surface area contributed by atoms with E-state index in [-0.39, 0.29) is 18.3 Å². The summed E-state index contributed by atoms with van der Waals surface area (Å²) in [4.78, 5) is 15.6. The maximum absolute atomic E-state index is 12.5. The molecule has 0 radical (unpaired) electrons. The van der Waals surface area contributed by atoms with E-state index in [1.165, 1.54) is 0 Å². The van der Waals surface area contributed by atoms with Crippen molar-refractivity contribution in [3.8, 4) is 0 Å². The quantitative estimate of drug-likeness (QED) is 0.754. The summed E-state index contributed by atoms with van der Waals surface area (Å²) in [6.07, 6.45) is 2.19. The first-order valence-electron chi connectivity index (χ1n) is 8.41. The van der Waals surface area contributed by atoms with Crippen LogP contribution in [0.4, 0.5) is 0 Å². The van der Waals surface area contributed by atoms with Crippen molar-refractivity contribution in [2.24, 2.45) is 5.92 Å². The van der Waals surface area contributed by atoms with Crippen molar-refractivity contribution < 1.29 is 4.79 Å². The molecule has 1 fully saturated rings. The minimum absolute atomic E-state index is 0. The van der Waals surface area contributed by atoms with Gasteiger partial charge in [-0.15, -0.1) is 24.2 Å². The van der Waals surface area contributed by atoms with Crippen LogP contribution < -0.4 is 5.32 Å². The number of benzene rings is 2. The molecule has 0 spiro atoms. The number of rotatable bonds is 5. The van der Waals surface area contributed by atoms with Gasteiger partial charge in [0.15, 0.2) is 0 Å². The van der Waals surface area contributed by atoms with Gasteiger partial charge in [0.25, 0.3) is 0 Å². The number of carbonyl (C=O) groups is 1. The van der Waals surface area contributed by atoms with Crippen LogP contribution in [0.2, 0.25) is 5.02 Å². The molecule has 25 heavy (non-hydrogen) atoms. The van der Waals surface area contributed by atoms with Gasteiger partial charge in [0.05, 0.1) is 5.75 Å². The molecule has 3 nitrogen and oxygen atoms in total. The van der Waals surface area contributed by atoms with E-state index < -0.39 is 0 Å². The number of nitrogens with zero attached hydrogens (tertiary/aromatic N) is 1. The summed E-state index contributed by atoms with van der Waals surface area (Å²) in [6.45, 7) is 2.80. The van der Waals surface area contributed by atoms with Gasteiger partial charge in [-0.25, -0.2) is 0 Å². The van der Waals surface area contributed by atoms with Crippen LogP contribution in [-0.2, 0) is 4.79 Å². The highest BCUT2D eigenvalue weighted by molar-refractivity contribution is 8.00. The van der Waals surface area contributed by atoms with Crippen LogP contribution in [0, 0.1) is 5.92 Å². The number of nitrogens with one attached hydrogen (secondary N) is 1. The lowest BCUT2D eigenvalue weighted by Crippen LogP contribution is -2.41. The molecule has 0 bridgehead atoms. The number of fused-ring (bicyclic) bond motifs is 1. The standard InChI is InChI=1S/C19H23ClN2OS.ClH/c1-21-12-14-8-10-22(11-9-14)18(23)13-24-17-7-3-5-15-4-2-6-16(20)19(15)17;/h2-7,14,21H,8-13H2,1H3;1H. The van der Waals surface area contributed by atoms with E-state index in [4.69, 9.17) is 11.6 Å². The zero-order valence-electron chi connectivity index (χ0n) is 14.3. The predicted octanol–water partition coefficient (Wildman–Crippen LogP) is 4.47. The fourth-order valence-corrected chi connectivity index (χ4v) is 4.64. The molecule has 0 aliphatic carbocycles. The van der Waals surface area contributed by atoms with Crippen LogP contribution in [0.15, 0.2) is 41.3 Å². The molecule has 0 unspecified atom stereocenters. The molecule has 1 aliphatic heterocycles. The summed E-state index contributed by atoms with van der Waals surface area (Å²) in [6, 6.07) is 12.0. The monoisotopic (exact) mass is 398 g/mol. The number of carbonyl (C=O) groups excluding carboxylic acids is 1. The summed E-state index contributed by atoms with van der Waals surface area (Å²) < 4.78 is 0. The van der Waals surface area contributed by atoms with E-state index >= 15 is 0 Å². The van der Waals surface area contributed by atoms with Crippen molar-refractivity contribution in [1.29, 1.82) is 0 Å². The van der Waals surface area contributed by atoms with Crippen LogP contribution in [0.5, 0.6) is 0 Å². The SMILES string of the molecule is CNCC1CCN(C(=O)CSc2cccc3cccc(Cl)c23)CC1.Cl. The number of halogens is 2. The molecule has 1 amide bonds. The maximum atomic E-state index is 12.5. The molecule has 2 aromatic carbocycles. The fraction of sp³-hybridized carbons (Fsp3) is 0.421. The highest BCUT2D eigenvalue weighted by Crippen LogP contribution is 2.33. The van der Waals surface area contributed by atoms with Gasteiger partial charge in [-0.2, -0.15) is 0 Å². The average molecular weight is 399 g/mol. The van der Waals surface area contributed by atoms with Crippen LogP contribution in [0.25, 0.3) is 10.8 Å². The average Bonchev–Trinajstić information content (AvgIpc) is 2.61. The van der Waals surface area contributed by atoms with Gasteiger partial charge in [0, 0.05) is 28.4 Å². The minimum atomic E-state index is 0. The van der Waals surface area contributed by atoms with Gasteiger partial charge in [0.2, 0.25) is 5.91 Å². The van der Waals surface area contributed by atoms with Crippen LogP contribution in [-0.4, -0.2) is 43.2 Å². The second-order valence-electron chi connectivity index (χ2n) is 6.26. The van der Waals surface area contributed by atoms with Crippen LogP contribution >= 0.6 is 35.8 Å². The highest BCUT2D eigenvalue weighted by Gasteiger charge is 2.22. The number of amides is 1. The summed E-state index contributed by atoms with van der Waals surface area (Å²) >= 11 is 7.95. The lowest BCUT2D eigenvalue weighted by Gasteiger charge is -2.32. The molecule has 0 aromatic heterocycles. The Morgan fingerprint density at radius 2 is 1.92 bits per heavy atom. The number of hydrogen-bond donors (Lipinski definition) is 1. The van der Waals surface area contributed by atoms with Crippen molar-refractivity contribution in [3.05, 3.63) is 41.4 Å². The van der Waals surface area contributed by atoms with E-state index in [1.807, 2.05) is 36.2 Å². The van der Waals surface area contributed by atoms with Crippen molar-refractivity contribution in [2.45, 2.75) is 17.7 Å². The zero-order valence-corrected chi connectivity index (χ0v) is 16.7. The summed E-state index contributed by atoms with van der Waals surface area (Å²) in [5.41, 5.74) is 0. The third kappa shape index (κ3) is 5.04. The fourth-order valence-electron chi connectivity index (χ4n) is 3.29. The minimum Gasteiger partial charge on any atom is -0.342 e. The van der Waals surface area contributed by atoms with Gasteiger partial charge >= 0.3 is 0 Å². The van der Waals surface area contributed by atoms with Crippen LogP contribution in [0.3, 0.4) is 0 Å². The Bertz CT molecular complexity index is 712. The summed E-state index contributed by atoms with van der Waals surface area (Å²) in [7, 11) is 1.99. The molecule has 1 heterocycles. The Kier molecular flexibility index (Phi) is 7.88. The maximum Gasteiger partial charge on any atom is 0.232 e. The van der Waals surface area contributed by atoms with Gasteiger partial charge in [-0.3, -0.25) is 4.79 Å². The Balaban J connectivity index is 0.00000225. The number of piperidine rings is 1. The van der Waals surface area contributed by atoms with E-state index in [2.05, 4.69) is 17.4 Å². The number of hydrogen-bond acceptors (Lipinski definition) is 3. The molecular weight excluding hydrogens is 375 g/mol. The highest BCUT2D eigenvalue weighted by atomic mass is 35.5. The molecule has 1 N–H and O–H groups in total. The Morgan fingerprint density at radius 1 is 1.24 bits per heavy atom. The first-order valence-corrected chi connectivity index (χ1v) is 9.78. The smallest absolute Gasteiger partial charge is 0.232 e. The molecule has 136 valence electrons. The topological polar surface area (TPSA) is 32.3 Å². The van der Waals surface area contributed by atoms with Crippen molar-refractivity contribution >= 4 is 52.4 Å². The zero-order chi connectivity index (χ0) is 16.9. The van der Waals surface area contributed by atoms with E-state index in [9.17, 15) is 4.79 Å². The molecule has 2 aromatic rings. The van der Waals surface area contributed by atoms with Crippen molar-refractivity contribution in [2.75, 3.05) is 32.4 Å². The lowest BCUT2D eigenvalue weighted by atomic mass is 9.97. The molecule has 3 rings (SSSR count). The third-order valence-corrected chi connectivity index (χ3v) is 5.98. The predicted molar refractivity (Wildman–Crippen MR) is 110 cm³/mol. The Labute approximate surface area is 164 Å². The van der Waals surface area contributed by atoms with Gasteiger partial charge < -0.3 is 10.2 Å². The second kappa shape index (κ2) is 9.67. The lowest BCUT2D eigenvalue weighted by molar-refractivity contribution is -0.129. The first kappa shape index (κ1) is 20.4. The van der Waals surface area contributed by atoms with Crippen molar-refractivity contribution in [1.82, 2.24) is 10.2 Å². The van der Waals surface area contributed by atoms with E-state index in [0.717, 1.165) is 53.2 Å². The number of thioether (sulfide) groups is 1. The van der Waals surface area contributed by atoms with Gasteiger partial charge in [-0.05, 0) is 49.9 Å². The molecule has 0 atom stereocenters. The van der Waals surface area contributed by atoms with E-state index in [1.54, 1.807) is 11.8 Å². The van der Waals surface area contributed by atoms with Gasteiger partial charge in [0.1, 0.15) is 0 Å². The molecule has 1 aliphatic rings. The summed E-state index contributed by atoms with van der Waals surface area (Å²) in [5, 5.41) is 6.14. The summed E-state index contributed by atoms with van der Waals surface area (Å²) in [5.74, 6) is 1.40. The molecule has 6 heteroatoms. The second-order valence-corrected chi connectivity index (χ2v) is 7.69. The van der Waals surface area contributed by atoms with E-state index in [0.29, 0.717) is 11.7 Å². The Morgan fingerprint density at radius 3 is 2.60 bits per heavy atom. The normalized spacial score (nSPS) is 15.2.